The molecule has 0 aliphatic heterocycles. The molecule has 3 rings (SSSR count). The summed E-state index contributed by atoms with van der Waals surface area (Å²) in [5, 5.41) is 3.86. The number of hydrogen-bond acceptors (Lipinski definition) is 4. The Kier molecular flexibility index (Phi) is 5.13. The minimum Gasteiger partial charge on any atom is -0.443 e. The van der Waals surface area contributed by atoms with Crippen LogP contribution in [0.5, 0.6) is 0 Å². The molecule has 0 aliphatic rings. The molecule has 0 aliphatic carbocycles. The SMILES string of the molecule is CC[C@H](C(=O)NCc1ccccc1Cl)n1cnc2oc(C)c(C)c2c1=O. The van der Waals surface area contributed by atoms with Gasteiger partial charge in [-0.05, 0) is 31.9 Å². The van der Waals surface area contributed by atoms with Gasteiger partial charge in [0, 0.05) is 17.1 Å². The fourth-order valence-electron chi connectivity index (χ4n) is 2.92. The van der Waals surface area contributed by atoms with E-state index in [1.165, 1.54) is 10.9 Å². The number of aromatic nitrogens is 2. The van der Waals surface area contributed by atoms with Gasteiger partial charge >= 0.3 is 0 Å². The van der Waals surface area contributed by atoms with E-state index in [-0.39, 0.29) is 11.5 Å². The highest BCUT2D eigenvalue weighted by molar-refractivity contribution is 6.31. The van der Waals surface area contributed by atoms with Crippen molar-refractivity contribution >= 4 is 28.6 Å². The van der Waals surface area contributed by atoms with Crippen LogP contribution in [0, 0.1) is 13.8 Å². The molecule has 0 unspecified atom stereocenters. The van der Waals surface area contributed by atoms with E-state index in [1.807, 2.05) is 32.0 Å². The van der Waals surface area contributed by atoms with Gasteiger partial charge in [-0.25, -0.2) is 4.98 Å². The van der Waals surface area contributed by atoms with Crippen molar-refractivity contribution < 1.29 is 9.21 Å². The van der Waals surface area contributed by atoms with Crippen LogP contribution in [0.4, 0.5) is 0 Å². The lowest BCUT2D eigenvalue weighted by atomic mass is 10.1. The van der Waals surface area contributed by atoms with Crippen LogP contribution < -0.4 is 10.9 Å². The Balaban J connectivity index is 1.89. The van der Waals surface area contributed by atoms with Gasteiger partial charge < -0.3 is 9.73 Å². The Hall–Kier alpha value is -2.60. The van der Waals surface area contributed by atoms with E-state index in [0.29, 0.717) is 34.8 Å². The van der Waals surface area contributed by atoms with Gasteiger partial charge in [-0.3, -0.25) is 14.2 Å². The Labute approximate surface area is 155 Å². The minimum absolute atomic E-state index is 0.256. The van der Waals surface area contributed by atoms with Gasteiger partial charge in [0.15, 0.2) is 0 Å². The smallest absolute Gasteiger partial charge is 0.265 e. The molecule has 2 aromatic heterocycles. The third kappa shape index (κ3) is 3.24. The maximum absolute atomic E-state index is 12.9. The predicted octanol–water partition coefficient (Wildman–Crippen LogP) is 3.53. The summed E-state index contributed by atoms with van der Waals surface area (Å²) in [7, 11) is 0. The maximum atomic E-state index is 12.9. The summed E-state index contributed by atoms with van der Waals surface area (Å²) >= 11 is 6.12. The summed E-state index contributed by atoms with van der Waals surface area (Å²) in [6.45, 7) is 5.74. The third-order valence-corrected chi connectivity index (χ3v) is 4.92. The molecule has 0 fully saturated rings. The number of furan rings is 1. The Bertz CT molecular complexity index is 1020. The Morgan fingerprint density at radius 3 is 2.77 bits per heavy atom. The molecule has 1 amide bonds. The van der Waals surface area contributed by atoms with Gasteiger partial charge in [0.25, 0.3) is 5.56 Å². The second-order valence-corrected chi connectivity index (χ2v) is 6.56. The molecular weight excluding hydrogens is 354 g/mol. The quantitative estimate of drug-likeness (QED) is 0.742. The average molecular weight is 374 g/mol. The molecular formula is C19H20ClN3O3. The molecule has 1 atom stereocenters. The van der Waals surface area contributed by atoms with E-state index < -0.39 is 6.04 Å². The van der Waals surface area contributed by atoms with Crippen molar-refractivity contribution in [3.05, 3.63) is 62.9 Å². The summed E-state index contributed by atoms with van der Waals surface area (Å²) < 4.78 is 6.85. The van der Waals surface area contributed by atoms with Crippen molar-refractivity contribution in [3.63, 3.8) is 0 Å². The van der Waals surface area contributed by atoms with Crippen LogP contribution in [0.1, 0.15) is 36.3 Å². The van der Waals surface area contributed by atoms with E-state index in [2.05, 4.69) is 10.3 Å². The molecule has 0 spiro atoms. The van der Waals surface area contributed by atoms with Crippen molar-refractivity contribution in [3.8, 4) is 0 Å². The van der Waals surface area contributed by atoms with Crippen LogP contribution in [0.15, 0.2) is 39.8 Å². The molecule has 136 valence electrons. The number of halogens is 1. The molecule has 3 aromatic rings. The first-order valence-electron chi connectivity index (χ1n) is 8.42. The molecule has 6 nitrogen and oxygen atoms in total. The fraction of sp³-hybridized carbons (Fsp3) is 0.316. The van der Waals surface area contributed by atoms with Crippen LogP contribution in [0.3, 0.4) is 0 Å². The molecule has 0 saturated heterocycles. The van der Waals surface area contributed by atoms with E-state index in [9.17, 15) is 9.59 Å². The van der Waals surface area contributed by atoms with Crippen molar-refractivity contribution in [2.24, 2.45) is 0 Å². The number of nitrogens with zero attached hydrogens (tertiary/aromatic N) is 2. The first-order valence-corrected chi connectivity index (χ1v) is 8.79. The van der Waals surface area contributed by atoms with Crippen molar-refractivity contribution in [2.45, 2.75) is 39.8 Å². The molecule has 7 heteroatoms. The molecule has 1 N–H and O–H groups in total. The monoisotopic (exact) mass is 373 g/mol. The molecule has 26 heavy (non-hydrogen) atoms. The standard InChI is InChI=1S/C19H20ClN3O3/c1-4-15(17(24)21-9-13-7-5-6-8-14(13)20)23-10-22-18-16(19(23)25)11(2)12(3)26-18/h5-8,10,15H,4,9H2,1-3H3,(H,21,24)/t15-/m1/s1. The molecule has 1 aromatic carbocycles. The Morgan fingerprint density at radius 1 is 1.35 bits per heavy atom. The summed E-state index contributed by atoms with van der Waals surface area (Å²) in [6, 6.07) is 6.65. The number of amides is 1. The first-order chi connectivity index (χ1) is 12.4. The van der Waals surface area contributed by atoms with E-state index in [1.54, 1.807) is 13.0 Å². The zero-order valence-corrected chi connectivity index (χ0v) is 15.6. The topological polar surface area (TPSA) is 77.1 Å². The highest BCUT2D eigenvalue weighted by Crippen LogP contribution is 2.21. The molecule has 0 bridgehead atoms. The van der Waals surface area contributed by atoms with Gasteiger partial charge in [0.1, 0.15) is 23.5 Å². The normalized spacial score (nSPS) is 12.3. The number of rotatable bonds is 5. The average Bonchev–Trinajstić information content (AvgIpc) is 2.92. The minimum atomic E-state index is -0.656. The molecule has 2 heterocycles. The second-order valence-electron chi connectivity index (χ2n) is 6.15. The largest absolute Gasteiger partial charge is 0.443 e. The lowest BCUT2D eigenvalue weighted by Gasteiger charge is -2.17. The van der Waals surface area contributed by atoms with Crippen LogP contribution in [0.25, 0.3) is 11.1 Å². The fourth-order valence-corrected chi connectivity index (χ4v) is 3.12. The number of fused-ring (bicyclic) bond motifs is 1. The van der Waals surface area contributed by atoms with E-state index in [0.717, 1.165) is 11.1 Å². The summed E-state index contributed by atoms with van der Waals surface area (Å²) in [5.41, 5.74) is 1.59. The highest BCUT2D eigenvalue weighted by atomic mass is 35.5. The van der Waals surface area contributed by atoms with E-state index in [4.69, 9.17) is 16.0 Å². The zero-order valence-electron chi connectivity index (χ0n) is 14.9. The summed E-state index contributed by atoms with van der Waals surface area (Å²) in [5.74, 6) is 0.395. The van der Waals surface area contributed by atoms with Crippen molar-refractivity contribution in [2.75, 3.05) is 0 Å². The number of hydrogen-bond donors (Lipinski definition) is 1. The second kappa shape index (κ2) is 7.33. The lowest BCUT2D eigenvalue weighted by Crippen LogP contribution is -2.37. The predicted molar refractivity (Wildman–Crippen MR) is 100 cm³/mol. The number of benzene rings is 1. The summed E-state index contributed by atoms with van der Waals surface area (Å²) in [6.07, 6.45) is 1.83. The Morgan fingerprint density at radius 2 is 2.08 bits per heavy atom. The van der Waals surface area contributed by atoms with Crippen molar-refractivity contribution in [1.82, 2.24) is 14.9 Å². The van der Waals surface area contributed by atoms with Crippen LogP contribution in [-0.4, -0.2) is 15.5 Å². The number of carbonyl (C=O) groups is 1. The van der Waals surface area contributed by atoms with Gasteiger partial charge in [-0.15, -0.1) is 0 Å². The van der Waals surface area contributed by atoms with Crippen LogP contribution >= 0.6 is 11.6 Å². The van der Waals surface area contributed by atoms with Gasteiger partial charge in [-0.1, -0.05) is 36.7 Å². The summed E-state index contributed by atoms with van der Waals surface area (Å²) in [4.78, 5) is 29.7. The van der Waals surface area contributed by atoms with Gasteiger partial charge in [0.2, 0.25) is 11.6 Å². The first kappa shape index (κ1) is 18.2. The number of aryl methyl sites for hydroxylation is 2. The molecule has 0 saturated carbocycles. The third-order valence-electron chi connectivity index (χ3n) is 4.55. The van der Waals surface area contributed by atoms with Gasteiger partial charge in [0.05, 0.1) is 0 Å². The maximum Gasteiger partial charge on any atom is 0.265 e. The van der Waals surface area contributed by atoms with E-state index >= 15 is 0 Å². The lowest BCUT2D eigenvalue weighted by molar-refractivity contribution is -0.124. The van der Waals surface area contributed by atoms with Gasteiger partial charge in [-0.2, -0.15) is 0 Å². The van der Waals surface area contributed by atoms with Crippen LogP contribution in [0.2, 0.25) is 5.02 Å². The van der Waals surface area contributed by atoms with Crippen molar-refractivity contribution in [1.29, 1.82) is 0 Å². The number of carbonyl (C=O) groups excluding carboxylic acids is 1. The highest BCUT2D eigenvalue weighted by Gasteiger charge is 2.23. The zero-order chi connectivity index (χ0) is 18.8. The number of nitrogens with one attached hydrogen (secondary N) is 1. The molecule has 0 radical (unpaired) electrons. The van der Waals surface area contributed by atoms with Crippen LogP contribution in [-0.2, 0) is 11.3 Å².